The molecule has 1 aliphatic heterocycles. The molecular weight excluding hydrogens is 218 g/mol. The average molecular weight is 231 g/mol. The van der Waals surface area contributed by atoms with Crippen molar-refractivity contribution in [3.05, 3.63) is 34.5 Å². The van der Waals surface area contributed by atoms with E-state index in [1.165, 1.54) is 0 Å². The molecule has 0 bridgehead atoms. The van der Waals surface area contributed by atoms with Crippen molar-refractivity contribution >= 4 is 0 Å². The Bertz CT molecular complexity index is 613. The average Bonchev–Trinajstić information content (AvgIpc) is 2.76. The van der Waals surface area contributed by atoms with Crippen LogP contribution in [-0.2, 0) is 20.1 Å². The molecule has 0 unspecified atom stereocenters. The second-order valence-corrected chi connectivity index (χ2v) is 4.13. The highest BCUT2D eigenvalue weighted by Crippen LogP contribution is 2.17. The fourth-order valence-electron chi connectivity index (χ4n) is 1.99. The topological polar surface area (TPSA) is 64.7 Å². The molecule has 3 heterocycles. The zero-order chi connectivity index (χ0) is 11.8. The molecule has 6 heteroatoms. The molecule has 88 valence electrons. The van der Waals surface area contributed by atoms with Crippen LogP contribution in [0.25, 0.3) is 11.4 Å². The van der Waals surface area contributed by atoms with Crippen LogP contribution in [0, 0.1) is 0 Å². The second-order valence-electron chi connectivity index (χ2n) is 4.13. The molecule has 6 nitrogen and oxygen atoms in total. The van der Waals surface area contributed by atoms with Gasteiger partial charge in [0.2, 0.25) is 0 Å². The van der Waals surface area contributed by atoms with Gasteiger partial charge in [-0.15, -0.1) is 10.2 Å². The van der Waals surface area contributed by atoms with Crippen LogP contribution in [0.2, 0.25) is 0 Å². The van der Waals surface area contributed by atoms with E-state index in [1.54, 1.807) is 23.9 Å². The molecule has 3 rings (SSSR count). The lowest BCUT2D eigenvalue weighted by atomic mass is 10.2. The van der Waals surface area contributed by atoms with Gasteiger partial charge in [0.15, 0.2) is 5.82 Å². The van der Waals surface area contributed by atoms with Crippen molar-refractivity contribution in [2.75, 3.05) is 6.54 Å². The Morgan fingerprint density at radius 2 is 2.29 bits per heavy atom. The number of fused-ring (bicyclic) bond motifs is 1. The minimum absolute atomic E-state index is 0.0335. The summed E-state index contributed by atoms with van der Waals surface area (Å²) in [6.45, 7) is 2.48. The molecule has 2 aromatic heterocycles. The molecule has 0 aliphatic carbocycles. The number of aromatic nitrogens is 4. The van der Waals surface area contributed by atoms with E-state index in [9.17, 15) is 4.79 Å². The Balaban J connectivity index is 2.12. The van der Waals surface area contributed by atoms with Crippen LogP contribution in [0.5, 0.6) is 0 Å². The Hall–Kier alpha value is -1.95. The minimum Gasteiger partial charge on any atom is -0.319 e. The quantitative estimate of drug-likeness (QED) is 0.735. The molecule has 0 saturated carbocycles. The van der Waals surface area contributed by atoms with E-state index >= 15 is 0 Å². The Kier molecular flexibility index (Phi) is 2.29. The van der Waals surface area contributed by atoms with E-state index in [1.807, 2.05) is 6.07 Å². The number of aryl methyl sites for hydroxylation is 1. The minimum atomic E-state index is -0.0335. The smallest absolute Gasteiger partial charge is 0.250 e. The molecular formula is C11H13N5O. The van der Waals surface area contributed by atoms with Crippen molar-refractivity contribution in [2.24, 2.45) is 7.05 Å². The zero-order valence-electron chi connectivity index (χ0n) is 9.55. The molecule has 0 saturated heterocycles. The summed E-state index contributed by atoms with van der Waals surface area (Å²) in [6, 6.07) is 3.49. The van der Waals surface area contributed by atoms with Crippen LogP contribution in [0.4, 0.5) is 0 Å². The number of hydrogen-bond donors (Lipinski definition) is 1. The van der Waals surface area contributed by atoms with Gasteiger partial charge in [0, 0.05) is 38.0 Å². The van der Waals surface area contributed by atoms with Gasteiger partial charge in [0.05, 0.1) is 6.54 Å². The van der Waals surface area contributed by atoms with Crippen molar-refractivity contribution in [2.45, 2.75) is 13.1 Å². The number of hydrogen-bond acceptors (Lipinski definition) is 4. The third-order valence-electron chi connectivity index (χ3n) is 2.99. The molecule has 0 amide bonds. The highest BCUT2D eigenvalue weighted by molar-refractivity contribution is 5.54. The SMILES string of the molecule is Cn1ccc(-c2nnc3n2CCNC3)cc1=O. The highest BCUT2D eigenvalue weighted by atomic mass is 16.1. The molecule has 0 spiro atoms. The maximum absolute atomic E-state index is 11.6. The first kappa shape index (κ1) is 10.2. The van der Waals surface area contributed by atoms with Gasteiger partial charge in [-0.3, -0.25) is 4.79 Å². The number of nitrogens with zero attached hydrogens (tertiary/aromatic N) is 4. The lowest BCUT2D eigenvalue weighted by molar-refractivity contribution is 0.508. The summed E-state index contributed by atoms with van der Waals surface area (Å²) >= 11 is 0. The third kappa shape index (κ3) is 1.66. The molecule has 0 fully saturated rings. The summed E-state index contributed by atoms with van der Waals surface area (Å²) in [5.41, 5.74) is 0.794. The summed E-state index contributed by atoms with van der Waals surface area (Å²) in [4.78, 5) is 11.6. The second kappa shape index (κ2) is 3.81. The fraction of sp³-hybridized carbons (Fsp3) is 0.364. The van der Waals surface area contributed by atoms with Gasteiger partial charge >= 0.3 is 0 Å². The van der Waals surface area contributed by atoms with Gasteiger partial charge in [-0.1, -0.05) is 0 Å². The van der Waals surface area contributed by atoms with E-state index in [-0.39, 0.29) is 5.56 Å². The Morgan fingerprint density at radius 1 is 1.41 bits per heavy atom. The maximum Gasteiger partial charge on any atom is 0.250 e. The summed E-state index contributed by atoms with van der Waals surface area (Å²) in [6.07, 6.45) is 1.75. The Morgan fingerprint density at radius 3 is 3.12 bits per heavy atom. The van der Waals surface area contributed by atoms with Gasteiger partial charge in [0.25, 0.3) is 5.56 Å². The van der Waals surface area contributed by atoms with E-state index in [0.717, 1.165) is 36.8 Å². The standard InChI is InChI=1S/C11H13N5O/c1-15-4-2-8(6-10(15)17)11-14-13-9-7-12-3-5-16(9)11/h2,4,6,12H,3,5,7H2,1H3. The fourth-order valence-corrected chi connectivity index (χ4v) is 1.99. The number of rotatable bonds is 1. The van der Waals surface area contributed by atoms with Gasteiger partial charge in [-0.05, 0) is 6.07 Å². The van der Waals surface area contributed by atoms with Crippen LogP contribution >= 0.6 is 0 Å². The monoisotopic (exact) mass is 231 g/mol. The van der Waals surface area contributed by atoms with Crippen LogP contribution in [-0.4, -0.2) is 25.9 Å². The molecule has 1 aliphatic rings. The van der Waals surface area contributed by atoms with Crippen molar-refractivity contribution in [3.8, 4) is 11.4 Å². The summed E-state index contributed by atoms with van der Waals surface area (Å²) in [5.74, 6) is 1.70. The molecule has 0 aromatic carbocycles. The first-order chi connectivity index (χ1) is 8.25. The van der Waals surface area contributed by atoms with Crippen molar-refractivity contribution in [3.63, 3.8) is 0 Å². The van der Waals surface area contributed by atoms with Crippen molar-refractivity contribution in [1.82, 2.24) is 24.6 Å². The molecule has 2 aromatic rings. The van der Waals surface area contributed by atoms with E-state index in [4.69, 9.17) is 0 Å². The van der Waals surface area contributed by atoms with Crippen LogP contribution < -0.4 is 10.9 Å². The lowest BCUT2D eigenvalue weighted by Crippen LogP contribution is -2.28. The highest BCUT2D eigenvalue weighted by Gasteiger charge is 2.16. The predicted octanol–water partition coefficient (Wildman–Crippen LogP) is -0.253. The zero-order valence-corrected chi connectivity index (χ0v) is 9.55. The predicted molar refractivity (Wildman–Crippen MR) is 62.4 cm³/mol. The van der Waals surface area contributed by atoms with Gasteiger partial charge in [0.1, 0.15) is 5.82 Å². The van der Waals surface area contributed by atoms with Crippen molar-refractivity contribution in [1.29, 1.82) is 0 Å². The maximum atomic E-state index is 11.6. The van der Waals surface area contributed by atoms with Crippen LogP contribution in [0.3, 0.4) is 0 Å². The van der Waals surface area contributed by atoms with Crippen molar-refractivity contribution < 1.29 is 0 Å². The van der Waals surface area contributed by atoms with Crippen LogP contribution in [0.1, 0.15) is 5.82 Å². The molecule has 17 heavy (non-hydrogen) atoms. The summed E-state index contributed by atoms with van der Waals surface area (Å²) < 4.78 is 3.60. The molecule has 1 N–H and O–H groups in total. The van der Waals surface area contributed by atoms with Gasteiger partial charge in [-0.2, -0.15) is 0 Å². The summed E-state index contributed by atoms with van der Waals surface area (Å²) in [7, 11) is 1.73. The van der Waals surface area contributed by atoms with E-state index in [2.05, 4.69) is 20.1 Å². The first-order valence-corrected chi connectivity index (χ1v) is 5.55. The first-order valence-electron chi connectivity index (χ1n) is 5.55. The lowest BCUT2D eigenvalue weighted by Gasteiger charge is -2.15. The van der Waals surface area contributed by atoms with Crippen LogP contribution in [0.15, 0.2) is 23.1 Å². The summed E-state index contributed by atoms with van der Waals surface area (Å²) in [5, 5.41) is 11.5. The molecule has 0 radical (unpaired) electrons. The molecule has 0 atom stereocenters. The van der Waals surface area contributed by atoms with E-state index in [0.29, 0.717) is 0 Å². The number of pyridine rings is 1. The number of nitrogens with one attached hydrogen (secondary N) is 1. The van der Waals surface area contributed by atoms with Gasteiger partial charge < -0.3 is 14.5 Å². The third-order valence-corrected chi connectivity index (χ3v) is 2.99. The van der Waals surface area contributed by atoms with Gasteiger partial charge in [-0.25, -0.2) is 0 Å². The normalized spacial score (nSPS) is 14.6. The Labute approximate surface area is 97.9 Å². The largest absolute Gasteiger partial charge is 0.319 e. The van der Waals surface area contributed by atoms with E-state index < -0.39 is 0 Å².